The van der Waals surface area contributed by atoms with E-state index in [0.29, 0.717) is 18.3 Å². The van der Waals surface area contributed by atoms with Gasteiger partial charge in [-0.25, -0.2) is 0 Å². The van der Waals surface area contributed by atoms with Gasteiger partial charge < -0.3 is 5.11 Å². The van der Waals surface area contributed by atoms with E-state index < -0.39 is 11.4 Å². The fraction of sp³-hybridized carbons (Fsp3) is 0.727. The number of hydrogen-bond acceptors (Lipinski definition) is 1. The molecule has 0 aromatic carbocycles. The lowest BCUT2D eigenvalue weighted by Crippen LogP contribution is -2.35. The van der Waals surface area contributed by atoms with E-state index in [4.69, 9.17) is 11.6 Å². The minimum absolute atomic E-state index is 0.387. The molecule has 3 atom stereocenters. The molecule has 0 spiro atoms. The van der Waals surface area contributed by atoms with E-state index in [1.54, 1.807) is 6.08 Å². The molecule has 2 saturated carbocycles. The van der Waals surface area contributed by atoms with Gasteiger partial charge in [-0.3, -0.25) is 4.79 Å². The van der Waals surface area contributed by atoms with Crippen molar-refractivity contribution in [2.75, 3.05) is 0 Å². The molecule has 2 nitrogen and oxygen atoms in total. The van der Waals surface area contributed by atoms with E-state index in [9.17, 15) is 9.90 Å². The predicted octanol–water partition coefficient (Wildman–Crippen LogP) is 3.02. The normalized spacial score (nSPS) is 40.9. The van der Waals surface area contributed by atoms with Gasteiger partial charge in [-0.2, -0.15) is 0 Å². The molecule has 0 aromatic rings. The van der Waals surface area contributed by atoms with Crippen LogP contribution >= 0.6 is 11.6 Å². The average Bonchev–Trinajstić information content (AvgIpc) is 2.74. The molecule has 1 N–H and O–H groups in total. The maximum atomic E-state index is 11.3. The SMILES string of the molecule is O=C(O)C1(C/C=C/Cl)CC2CCC1C2. The Morgan fingerprint density at radius 1 is 1.57 bits per heavy atom. The third kappa shape index (κ3) is 1.36. The molecule has 0 amide bonds. The summed E-state index contributed by atoms with van der Waals surface area (Å²) in [5.74, 6) is 0.414. The molecule has 0 saturated heterocycles. The Balaban J connectivity index is 2.19. The van der Waals surface area contributed by atoms with Crippen LogP contribution in [-0.2, 0) is 4.79 Å². The van der Waals surface area contributed by atoms with Gasteiger partial charge in [0, 0.05) is 5.54 Å². The van der Waals surface area contributed by atoms with Crippen LogP contribution in [0, 0.1) is 17.3 Å². The number of fused-ring (bicyclic) bond motifs is 2. The number of carboxylic acid groups (broad SMARTS) is 1. The maximum Gasteiger partial charge on any atom is 0.310 e. The largest absolute Gasteiger partial charge is 0.481 e. The average molecular weight is 215 g/mol. The number of carboxylic acids is 1. The Kier molecular flexibility index (Phi) is 2.56. The summed E-state index contributed by atoms with van der Waals surface area (Å²) in [6, 6.07) is 0. The van der Waals surface area contributed by atoms with Crippen molar-refractivity contribution in [3.8, 4) is 0 Å². The van der Waals surface area contributed by atoms with Crippen molar-refractivity contribution >= 4 is 17.6 Å². The molecule has 2 aliphatic carbocycles. The van der Waals surface area contributed by atoms with Gasteiger partial charge >= 0.3 is 5.97 Å². The lowest BCUT2D eigenvalue weighted by molar-refractivity contribution is -0.152. The molecule has 2 rings (SSSR count). The molecule has 3 heteroatoms. The lowest BCUT2D eigenvalue weighted by Gasteiger charge is -2.32. The van der Waals surface area contributed by atoms with Crippen molar-refractivity contribution in [2.24, 2.45) is 17.3 Å². The molecule has 0 heterocycles. The van der Waals surface area contributed by atoms with Gasteiger partial charge in [0.1, 0.15) is 0 Å². The summed E-state index contributed by atoms with van der Waals surface area (Å²) in [5, 5.41) is 9.34. The van der Waals surface area contributed by atoms with Crippen LogP contribution in [0.5, 0.6) is 0 Å². The zero-order valence-corrected chi connectivity index (χ0v) is 8.83. The molecular weight excluding hydrogens is 200 g/mol. The minimum Gasteiger partial charge on any atom is -0.481 e. The molecule has 0 aliphatic heterocycles. The second kappa shape index (κ2) is 3.58. The lowest BCUT2D eigenvalue weighted by atomic mass is 9.71. The smallest absolute Gasteiger partial charge is 0.310 e. The van der Waals surface area contributed by atoms with Crippen molar-refractivity contribution in [1.29, 1.82) is 0 Å². The predicted molar refractivity (Wildman–Crippen MR) is 55.1 cm³/mol. The Morgan fingerprint density at radius 3 is 2.79 bits per heavy atom. The standard InChI is InChI=1S/C11H15ClO2/c12-5-1-4-11(10(13)14)7-8-2-3-9(11)6-8/h1,5,8-9H,2-4,6-7H2,(H,13,14)/b5-1+. The highest BCUT2D eigenvalue weighted by atomic mass is 35.5. The number of hydrogen-bond donors (Lipinski definition) is 1. The fourth-order valence-corrected chi connectivity index (χ4v) is 3.39. The van der Waals surface area contributed by atoms with Crippen molar-refractivity contribution < 1.29 is 9.90 Å². The number of rotatable bonds is 3. The Hall–Kier alpha value is -0.500. The van der Waals surface area contributed by atoms with E-state index in [-0.39, 0.29) is 0 Å². The highest BCUT2D eigenvalue weighted by Crippen LogP contribution is 2.57. The van der Waals surface area contributed by atoms with Crippen LogP contribution in [0.25, 0.3) is 0 Å². The number of halogens is 1. The van der Waals surface area contributed by atoms with Crippen LogP contribution in [0.1, 0.15) is 32.1 Å². The molecule has 2 aliphatic rings. The summed E-state index contributed by atoms with van der Waals surface area (Å²) in [5.41, 5.74) is 0.949. The summed E-state index contributed by atoms with van der Waals surface area (Å²) in [4.78, 5) is 11.3. The first-order valence-corrected chi connectivity index (χ1v) is 5.61. The topological polar surface area (TPSA) is 37.3 Å². The molecular formula is C11H15ClO2. The molecule has 14 heavy (non-hydrogen) atoms. The van der Waals surface area contributed by atoms with Crippen LogP contribution < -0.4 is 0 Å². The highest BCUT2D eigenvalue weighted by Gasteiger charge is 2.54. The number of allylic oxidation sites excluding steroid dienone is 1. The van der Waals surface area contributed by atoms with E-state index in [0.717, 1.165) is 19.3 Å². The van der Waals surface area contributed by atoms with Crippen molar-refractivity contribution in [3.05, 3.63) is 11.6 Å². The minimum atomic E-state index is -0.625. The van der Waals surface area contributed by atoms with Crippen molar-refractivity contribution in [3.63, 3.8) is 0 Å². The Labute approximate surface area is 88.9 Å². The number of aliphatic carboxylic acids is 1. The van der Waals surface area contributed by atoms with Gasteiger partial charge in [0.05, 0.1) is 5.41 Å². The quantitative estimate of drug-likeness (QED) is 0.784. The molecule has 78 valence electrons. The van der Waals surface area contributed by atoms with Crippen LogP contribution in [0.2, 0.25) is 0 Å². The van der Waals surface area contributed by atoms with E-state index in [2.05, 4.69) is 0 Å². The van der Waals surface area contributed by atoms with Gasteiger partial charge in [-0.15, -0.1) is 0 Å². The van der Waals surface area contributed by atoms with E-state index in [1.807, 2.05) is 0 Å². The third-order valence-electron chi connectivity index (χ3n) is 3.97. The first-order chi connectivity index (χ1) is 6.69. The molecule has 2 fully saturated rings. The van der Waals surface area contributed by atoms with Gasteiger partial charge in [0.25, 0.3) is 0 Å². The molecule has 3 unspecified atom stereocenters. The molecule has 0 radical (unpaired) electrons. The third-order valence-corrected chi connectivity index (χ3v) is 4.15. The molecule has 0 aromatic heterocycles. The van der Waals surface area contributed by atoms with E-state index >= 15 is 0 Å². The molecule has 2 bridgehead atoms. The van der Waals surface area contributed by atoms with Crippen molar-refractivity contribution in [2.45, 2.75) is 32.1 Å². The van der Waals surface area contributed by atoms with Crippen LogP contribution in [0.15, 0.2) is 11.6 Å². The van der Waals surface area contributed by atoms with Gasteiger partial charge in [0.15, 0.2) is 0 Å². The summed E-state index contributed by atoms with van der Waals surface area (Å²) < 4.78 is 0. The van der Waals surface area contributed by atoms with Crippen LogP contribution in [-0.4, -0.2) is 11.1 Å². The summed E-state index contributed by atoms with van der Waals surface area (Å²) in [6.07, 6.45) is 6.68. The summed E-state index contributed by atoms with van der Waals surface area (Å²) in [6.45, 7) is 0. The van der Waals surface area contributed by atoms with Gasteiger partial charge in [-0.1, -0.05) is 24.1 Å². The number of carbonyl (C=O) groups is 1. The Morgan fingerprint density at radius 2 is 2.36 bits per heavy atom. The maximum absolute atomic E-state index is 11.3. The first-order valence-electron chi connectivity index (χ1n) is 5.17. The second-order valence-corrected chi connectivity index (χ2v) is 4.86. The van der Waals surface area contributed by atoms with Crippen molar-refractivity contribution in [1.82, 2.24) is 0 Å². The zero-order valence-electron chi connectivity index (χ0n) is 8.08. The zero-order chi connectivity index (χ0) is 10.2. The second-order valence-electron chi connectivity index (χ2n) is 4.61. The van der Waals surface area contributed by atoms with Crippen LogP contribution in [0.3, 0.4) is 0 Å². The summed E-state index contributed by atoms with van der Waals surface area (Å²) >= 11 is 5.48. The Bertz CT molecular complexity index is 274. The summed E-state index contributed by atoms with van der Waals surface area (Å²) in [7, 11) is 0. The van der Waals surface area contributed by atoms with Crippen LogP contribution in [0.4, 0.5) is 0 Å². The first kappa shape index (κ1) is 10.0. The van der Waals surface area contributed by atoms with E-state index in [1.165, 1.54) is 12.0 Å². The highest BCUT2D eigenvalue weighted by molar-refractivity contribution is 6.25. The van der Waals surface area contributed by atoms with Gasteiger partial charge in [-0.05, 0) is 37.5 Å². The van der Waals surface area contributed by atoms with Gasteiger partial charge in [0.2, 0.25) is 0 Å². The fourth-order valence-electron chi connectivity index (χ4n) is 3.30. The monoisotopic (exact) mass is 214 g/mol.